The van der Waals surface area contributed by atoms with Crippen LogP contribution in [0.5, 0.6) is 5.75 Å². The van der Waals surface area contributed by atoms with Crippen LogP contribution in [-0.4, -0.2) is 60.8 Å². The highest BCUT2D eigenvalue weighted by molar-refractivity contribution is 7.92. The summed E-state index contributed by atoms with van der Waals surface area (Å²) < 4.78 is 58.9. The van der Waals surface area contributed by atoms with Gasteiger partial charge in [0.15, 0.2) is 0 Å². The summed E-state index contributed by atoms with van der Waals surface area (Å²) in [5, 5.41) is 2.68. The fraction of sp³-hybridized carbons (Fsp3) is 0.269. The summed E-state index contributed by atoms with van der Waals surface area (Å²) in [6, 6.07) is 19.4. The number of carbonyl (C=O) groups is 1. The molecule has 0 aliphatic rings. The molecule has 0 unspecified atom stereocenters. The van der Waals surface area contributed by atoms with Gasteiger partial charge in [-0.25, -0.2) is 21.1 Å². The van der Waals surface area contributed by atoms with Crippen molar-refractivity contribution in [2.75, 3.05) is 38.1 Å². The Morgan fingerprint density at radius 2 is 1.41 bits per heavy atom. The summed E-state index contributed by atoms with van der Waals surface area (Å²) in [6.45, 7) is 3.55. The van der Waals surface area contributed by atoms with Crippen molar-refractivity contribution in [3.05, 3.63) is 83.9 Å². The molecule has 0 atom stereocenters. The second-order valence-electron chi connectivity index (χ2n) is 8.62. The molecule has 9 nitrogen and oxygen atoms in total. The van der Waals surface area contributed by atoms with Gasteiger partial charge >= 0.3 is 0 Å². The number of amides is 1. The van der Waals surface area contributed by atoms with Crippen LogP contribution in [0.15, 0.2) is 82.6 Å². The first-order valence-corrected chi connectivity index (χ1v) is 14.4. The molecular weight excluding hydrogens is 514 g/mol. The number of nitrogens with zero attached hydrogens (tertiary/aromatic N) is 2. The van der Waals surface area contributed by atoms with Crippen LogP contribution in [0.25, 0.3) is 0 Å². The fourth-order valence-electron chi connectivity index (χ4n) is 3.40. The van der Waals surface area contributed by atoms with Crippen LogP contribution in [0.4, 0.5) is 5.69 Å². The van der Waals surface area contributed by atoms with E-state index in [2.05, 4.69) is 5.32 Å². The maximum Gasteiger partial charge on any atom is 0.264 e. The summed E-state index contributed by atoms with van der Waals surface area (Å²) in [5.41, 5.74) is 2.17. The third-order valence-electron chi connectivity index (χ3n) is 5.48. The lowest BCUT2D eigenvalue weighted by atomic mass is 10.2. The second kappa shape index (κ2) is 11.8. The molecule has 0 heterocycles. The first-order chi connectivity index (χ1) is 17.4. The maximum atomic E-state index is 13.4. The average molecular weight is 546 g/mol. The summed E-state index contributed by atoms with van der Waals surface area (Å²) in [6.07, 6.45) is 0. The minimum Gasteiger partial charge on any atom is -0.492 e. The summed E-state index contributed by atoms with van der Waals surface area (Å²) >= 11 is 0. The lowest BCUT2D eigenvalue weighted by Crippen LogP contribution is -2.42. The molecule has 1 amide bonds. The largest absolute Gasteiger partial charge is 0.492 e. The van der Waals surface area contributed by atoms with Crippen LogP contribution in [0, 0.1) is 13.8 Å². The van der Waals surface area contributed by atoms with E-state index in [1.165, 1.54) is 50.5 Å². The molecule has 11 heteroatoms. The minimum absolute atomic E-state index is 0.0930. The number of aryl methyl sites for hydroxylation is 2. The van der Waals surface area contributed by atoms with Gasteiger partial charge in [0.25, 0.3) is 10.0 Å². The number of ether oxygens (including phenoxy) is 1. The van der Waals surface area contributed by atoms with Crippen molar-refractivity contribution in [2.24, 2.45) is 0 Å². The fourth-order valence-corrected chi connectivity index (χ4v) is 5.71. The standard InChI is InChI=1S/C26H31N3O6S2/c1-20-8-12-25(13-9-20)37(33,34)29(22-7-5-6-21(2)18-22)19-26(30)27-16-17-35-23-10-14-24(15-11-23)36(31,32)28(3)4/h5-15,18H,16-17,19H2,1-4H3,(H,27,30). The van der Waals surface area contributed by atoms with Gasteiger partial charge in [-0.15, -0.1) is 0 Å². The van der Waals surface area contributed by atoms with Crippen molar-refractivity contribution in [3.63, 3.8) is 0 Å². The first-order valence-electron chi connectivity index (χ1n) is 11.5. The predicted molar refractivity (Wildman–Crippen MR) is 143 cm³/mol. The molecule has 37 heavy (non-hydrogen) atoms. The van der Waals surface area contributed by atoms with Crippen LogP contribution in [0.3, 0.4) is 0 Å². The predicted octanol–water partition coefficient (Wildman–Crippen LogP) is 2.94. The highest BCUT2D eigenvalue weighted by Crippen LogP contribution is 2.25. The Hall–Kier alpha value is -3.41. The number of hydrogen-bond acceptors (Lipinski definition) is 6. The molecule has 0 aromatic heterocycles. The molecule has 3 aromatic rings. The van der Waals surface area contributed by atoms with Gasteiger partial charge in [-0.3, -0.25) is 9.10 Å². The van der Waals surface area contributed by atoms with Gasteiger partial charge in [0.05, 0.1) is 22.0 Å². The molecule has 0 aliphatic carbocycles. The van der Waals surface area contributed by atoms with Gasteiger partial charge in [-0.1, -0.05) is 29.8 Å². The van der Waals surface area contributed by atoms with E-state index in [4.69, 9.17) is 4.74 Å². The lowest BCUT2D eigenvalue weighted by Gasteiger charge is -2.24. The van der Waals surface area contributed by atoms with Crippen molar-refractivity contribution < 1.29 is 26.4 Å². The molecule has 0 radical (unpaired) electrons. The van der Waals surface area contributed by atoms with Gasteiger partial charge < -0.3 is 10.1 Å². The van der Waals surface area contributed by atoms with Gasteiger partial charge in [0.2, 0.25) is 15.9 Å². The van der Waals surface area contributed by atoms with Crippen LogP contribution in [0.2, 0.25) is 0 Å². The molecule has 0 saturated carbocycles. The number of hydrogen-bond donors (Lipinski definition) is 1. The molecule has 0 saturated heterocycles. The van der Waals surface area contributed by atoms with Crippen molar-refractivity contribution in [1.29, 1.82) is 0 Å². The van der Waals surface area contributed by atoms with Crippen molar-refractivity contribution in [1.82, 2.24) is 9.62 Å². The van der Waals surface area contributed by atoms with E-state index in [0.29, 0.717) is 11.4 Å². The number of sulfonamides is 2. The third-order valence-corrected chi connectivity index (χ3v) is 9.10. The Balaban J connectivity index is 1.64. The Labute approximate surface area is 218 Å². The first kappa shape index (κ1) is 28.2. The smallest absolute Gasteiger partial charge is 0.264 e. The Kier molecular flexibility index (Phi) is 8.95. The maximum absolute atomic E-state index is 13.4. The number of nitrogens with one attached hydrogen (secondary N) is 1. The molecule has 3 rings (SSSR count). The van der Waals surface area contributed by atoms with E-state index in [1.54, 1.807) is 30.3 Å². The van der Waals surface area contributed by atoms with E-state index in [9.17, 15) is 21.6 Å². The van der Waals surface area contributed by atoms with Crippen molar-refractivity contribution >= 4 is 31.6 Å². The number of carbonyl (C=O) groups excluding carboxylic acids is 1. The van der Waals surface area contributed by atoms with Crippen molar-refractivity contribution in [2.45, 2.75) is 23.6 Å². The van der Waals surface area contributed by atoms with E-state index in [-0.39, 0.29) is 22.9 Å². The minimum atomic E-state index is -3.99. The molecule has 198 valence electrons. The highest BCUT2D eigenvalue weighted by atomic mass is 32.2. The lowest BCUT2D eigenvalue weighted by molar-refractivity contribution is -0.119. The van der Waals surface area contributed by atoms with Gasteiger partial charge in [-0.05, 0) is 67.9 Å². The normalized spacial score (nSPS) is 11.8. The molecule has 0 bridgehead atoms. The Morgan fingerprint density at radius 1 is 0.811 bits per heavy atom. The molecular formula is C26H31N3O6S2. The van der Waals surface area contributed by atoms with Crippen LogP contribution in [0.1, 0.15) is 11.1 Å². The summed E-state index contributed by atoms with van der Waals surface area (Å²) in [4.78, 5) is 13.0. The zero-order valence-corrected chi connectivity index (χ0v) is 22.8. The Bertz CT molecular complexity index is 1440. The van der Waals surface area contributed by atoms with Crippen LogP contribution in [-0.2, 0) is 24.8 Å². The average Bonchev–Trinajstić information content (AvgIpc) is 2.85. The third kappa shape index (κ3) is 7.09. The van der Waals surface area contributed by atoms with Gasteiger partial charge in [0, 0.05) is 14.1 Å². The number of rotatable bonds is 11. The summed E-state index contributed by atoms with van der Waals surface area (Å²) in [5.74, 6) is -0.0523. The number of anilines is 1. The molecule has 1 N–H and O–H groups in total. The topological polar surface area (TPSA) is 113 Å². The van der Waals surface area contributed by atoms with Crippen LogP contribution < -0.4 is 14.4 Å². The quantitative estimate of drug-likeness (QED) is 0.371. The van der Waals surface area contributed by atoms with Crippen LogP contribution >= 0.6 is 0 Å². The highest BCUT2D eigenvalue weighted by Gasteiger charge is 2.27. The number of benzene rings is 3. The Morgan fingerprint density at radius 3 is 2.00 bits per heavy atom. The summed E-state index contributed by atoms with van der Waals surface area (Å²) in [7, 11) is -4.62. The zero-order chi connectivity index (χ0) is 27.2. The molecule has 0 spiro atoms. The monoisotopic (exact) mass is 545 g/mol. The molecule has 0 fully saturated rings. The van der Waals surface area contributed by atoms with Crippen molar-refractivity contribution in [3.8, 4) is 5.75 Å². The van der Waals surface area contributed by atoms with Gasteiger partial charge in [0.1, 0.15) is 18.9 Å². The van der Waals surface area contributed by atoms with E-state index < -0.39 is 32.5 Å². The van der Waals surface area contributed by atoms with Gasteiger partial charge in [-0.2, -0.15) is 0 Å². The SMILES string of the molecule is Cc1ccc(S(=O)(=O)N(CC(=O)NCCOc2ccc(S(=O)(=O)N(C)C)cc2)c2cccc(C)c2)cc1. The van der Waals surface area contributed by atoms with E-state index in [1.807, 2.05) is 19.9 Å². The van der Waals surface area contributed by atoms with E-state index in [0.717, 1.165) is 19.7 Å². The van der Waals surface area contributed by atoms with E-state index >= 15 is 0 Å². The molecule has 0 aliphatic heterocycles. The molecule has 3 aromatic carbocycles. The zero-order valence-electron chi connectivity index (χ0n) is 21.2. The second-order valence-corrected chi connectivity index (χ2v) is 12.6.